The summed E-state index contributed by atoms with van der Waals surface area (Å²) >= 11 is 0. The summed E-state index contributed by atoms with van der Waals surface area (Å²) in [6, 6.07) is 8.28. The molecule has 0 radical (unpaired) electrons. The van der Waals surface area contributed by atoms with Crippen molar-refractivity contribution in [2.45, 2.75) is 4.90 Å². The van der Waals surface area contributed by atoms with E-state index in [-0.39, 0.29) is 4.90 Å². The lowest BCUT2D eigenvalue weighted by Crippen LogP contribution is -2.00. The van der Waals surface area contributed by atoms with Crippen LogP contribution in [0.3, 0.4) is 0 Å². The Bertz CT molecular complexity index is 663. The molecular weight excluding hydrogens is 224 g/mol. The Hall–Kier alpha value is -1.75. The van der Waals surface area contributed by atoms with Crippen molar-refractivity contribution in [2.75, 3.05) is 17.7 Å². The van der Waals surface area contributed by atoms with Gasteiger partial charge in [-0.1, -0.05) is 18.2 Å². The minimum Gasteiger partial charge on any atom is -0.397 e. The molecule has 2 aromatic carbocycles. The fourth-order valence-corrected chi connectivity index (χ4v) is 2.60. The van der Waals surface area contributed by atoms with Gasteiger partial charge in [0.25, 0.3) is 0 Å². The van der Waals surface area contributed by atoms with Crippen LogP contribution >= 0.6 is 0 Å². The number of hydrogen-bond donors (Lipinski definition) is 2. The molecule has 0 spiro atoms. The summed E-state index contributed by atoms with van der Waals surface area (Å²) in [6.07, 6.45) is 1.17. The van der Waals surface area contributed by atoms with Gasteiger partial charge in [-0.15, -0.1) is 0 Å². The Kier molecular flexibility index (Phi) is 2.27. The zero-order valence-corrected chi connectivity index (χ0v) is 9.58. The van der Waals surface area contributed by atoms with Gasteiger partial charge >= 0.3 is 0 Å². The predicted octanol–water partition coefficient (Wildman–Crippen LogP) is 1.41. The molecule has 84 valence electrons. The molecule has 0 aromatic heterocycles. The van der Waals surface area contributed by atoms with Crippen LogP contribution in [-0.2, 0) is 9.84 Å². The Balaban J connectivity index is 2.96. The normalized spacial score (nSPS) is 11.8. The number of rotatable bonds is 1. The van der Waals surface area contributed by atoms with Gasteiger partial charge in [-0.3, -0.25) is 0 Å². The third-order valence-electron chi connectivity index (χ3n) is 2.50. The first kappa shape index (κ1) is 10.8. The lowest BCUT2D eigenvalue weighted by atomic mass is 10.1. The fraction of sp³-hybridized carbons (Fsp3) is 0.0909. The highest BCUT2D eigenvalue weighted by Crippen LogP contribution is 2.30. The quantitative estimate of drug-likeness (QED) is 0.733. The topological polar surface area (TPSA) is 86.2 Å². The number of anilines is 2. The van der Waals surface area contributed by atoms with Crippen LogP contribution in [0.15, 0.2) is 35.2 Å². The van der Waals surface area contributed by atoms with Gasteiger partial charge in [0, 0.05) is 17.0 Å². The number of benzene rings is 2. The Morgan fingerprint density at radius 1 is 1.00 bits per heavy atom. The highest BCUT2D eigenvalue weighted by Gasteiger charge is 2.13. The van der Waals surface area contributed by atoms with Gasteiger partial charge < -0.3 is 11.5 Å². The van der Waals surface area contributed by atoms with E-state index in [4.69, 9.17) is 11.5 Å². The van der Waals surface area contributed by atoms with Crippen LogP contribution in [0.25, 0.3) is 10.8 Å². The van der Waals surface area contributed by atoms with E-state index < -0.39 is 9.84 Å². The Morgan fingerprint density at radius 3 is 2.31 bits per heavy atom. The maximum absolute atomic E-state index is 11.6. The second kappa shape index (κ2) is 3.38. The number of nitrogen functional groups attached to an aromatic ring is 2. The average molecular weight is 236 g/mol. The van der Waals surface area contributed by atoms with E-state index in [2.05, 4.69) is 0 Å². The van der Waals surface area contributed by atoms with Gasteiger partial charge in [0.05, 0.1) is 16.3 Å². The third-order valence-corrected chi connectivity index (χ3v) is 3.65. The standard InChI is InChI=1S/C11H12N2O2S/c1-16(14,15)10-4-2-3-8-7(10)5-6-9(12)11(8)13/h2-6H,12-13H2,1H3. The van der Waals surface area contributed by atoms with Crippen LogP contribution in [0.2, 0.25) is 0 Å². The van der Waals surface area contributed by atoms with E-state index >= 15 is 0 Å². The van der Waals surface area contributed by atoms with Gasteiger partial charge in [0.2, 0.25) is 0 Å². The van der Waals surface area contributed by atoms with Gasteiger partial charge in [-0.25, -0.2) is 8.42 Å². The lowest BCUT2D eigenvalue weighted by Gasteiger charge is -2.08. The van der Waals surface area contributed by atoms with Crippen LogP contribution in [0.5, 0.6) is 0 Å². The molecule has 0 atom stereocenters. The molecule has 0 aliphatic carbocycles. The molecule has 2 aromatic rings. The second-order valence-corrected chi connectivity index (χ2v) is 5.68. The monoisotopic (exact) mass is 236 g/mol. The zero-order chi connectivity index (χ0) is 11.9. The van der Waals surface area contributed by atoms with Crippen molar-refractivity contribution >= 4 is 32.0 Å². The van der Waals surface area contributed by atoms with Crippen LogP contribution in [0.1, 0.15) is 0 Å². The van der Waals surface area contributed by atoms with Crippen molar-refractivity contribution in [1.29, 1.82) is 0 Å². The molecule has 0 heterocycles. The molecule has 4 N–H and O–H groups in total. The molecule has 0 saturated carbocycles. The van der Waals surface area contributed by atoms with Crippen molar-refractivity contribution in [2.24, 2.45) is 0 Å². The summed E-state index contributed by atoms with van der Waals surface area (Å²) in [5.74, 6) is 0. The summed E-state index contributed by atoms with van der Waals surface area (Å²) in [4.78, 5) is 0.275. The zero-order valence-electron chi connectivity index (χ0n) is 8.77. The van der Waals surface area contributed by atoms with E-state index in [0.29, 0.717) is 22.1 Å². The lowest BCUT2D eigenvalue weighted by molar-refractivity contribution is 0.602. The van der Waals surface area contributed by atoms with Crippen molar-refractivity contribution < 1.29 is 8.42 Å². The van der Waals surface area contributed by atoms with Crippen molar-refractivity contribution in [3.63, 3.8) is 0 Å². The maximum atomic E-state index is 11.6. The molecule has 0 unspecified atom stereocenters. The fourth-order valence-electron chi connectivity index (χ4n) is 1.69. The van der Waals surface area contributed by atoms with Crippen molar-refractivity contribution in [3.8, 4) is 0 Å². The van der Waals surface area contributed by atoms with E-state index in [0.717, 1.165) is 0 Å². The first-order valence-corrected chi connectivity index (χ1v) is 6.57. The number of sulfone groups is 1. The predicted molar refractivity (Wildman–Crippen MR) is 65.9 cm³/mol. The summed E-state index contributed by atoms with van der Waals surface area (Å²) < 4.78 is 23.1. The average Bonchev–Trinajstić information content (AvgIpc) is 2.21. The number of nitrogens with two attached hydrogens (primary N) is 2. The SMILES string of the molecule is CS(=O)(=O)c1cccc2c(N)c(N)ccc12. The Labute approximate surface area is 93.8 Å². The molecule has 0 fully saturated rings. The molecule has 2 rings (SSSR count). The highest BCUT2D eigenvalue weighted by molar-refractivity contribution is 7.91. The third kappa shape index (κ3) is 1.59. The van der Waals surface area contributed by atoms with E-state index in [1.165, 1.54) is 6.26 Å². The highest BCUT2D eigenvalue weighted by atomic mass is 32.2. The van der Waals surface area contributed by atoms with Crippen molar-refractivity contribution in [1.82, 2.24) is 0 Å². The minimum atomic E-state index is -3.26. The van der Waals surface area contributed by atoms with Gasteiger partial charge in [-0.2, -0.15) is 0 Å². The molecule has 5 heteroatoms. The molecule has 0 amide bonds. The van der Waals surface area contributed by atoms with Gasteiger partial charge in [0.1, 0.15) is 0 Å². The molecule has 0 bridgehead atoms. The summed E-state index contributed by atoms with van der Waals surface area (Å²) in [5, 5.41) is 1.28. The first-order valence-electron chi connectivity index (χ1n) is 4.68. The largest absolute Gasteiger partial charge is 0.397 e. The number of fused-ring (bicyclic) bond motifs is 1. The van der Waals surface area contributed by atoms with Gasteiger partial charge in [-0.05, 0) is 12.1 Å². The minimum absolute atomic E-state index is 0.275. The first-order chi connectivity index (χ1) is 7.41. The summed E-state index contributed by atoms with van der Waals surface area (Å²) in [6.45, 7) is 0. The Morgan fingerprint density at radius 2 is 1.69 bits per heavy atom. The van der Waals surface area contributed by atoms with Crippen LogP contribution in [0.4, 0.5) is 11.4 Å². The van der Waals surface area contributed by atoms with E-state index in [1.807, 2.05) is 0 Å². The van der Waals surface area contributed by atoms with E-state index in [9.17, 15) is 8.42 Å². The van der Waals surface area contributed by atoms with E-state index in [1.54, 1.807) is 30.3 Å². The van der Waals surface area contributed by atoms with Crippen LogP contribution in [-0.4, -0.2) is 14.7 Å². The molecule has 0 aliphatic rings. The molecule has 0 aliphatic heterocycles. The van der Waals surface area contributed by atoms with Crippen molar-refractivity contribution in [3.05, 3.63) is 30.3 Å². The molecule has 4 nitrogen and oxygen atoms in total. The van der Waals surface area contributed by atoms with Crippen LogP contribution < -0.4 is 11.5 Å². The molecule has 0 saturated heterocycles. The van der Waals surface area contributed by atoms with Gasteiger partial charge in [0.15, 0.2) is 9.84 Å². The smallest absolute Gasteiger partial charge is 0.176 e. The second-order valence-electron chi connectivity index (χ2n) is 3.69. The maximum Gasteiger partial charge on any atom is 0.176 e. The molecule has 16 heavy (non-hydrogen) atoms. The van der Waals surface area contributed by atoms with Crippen LogP contribution in [0, 0.1) is 0 Å². The summed E-state index contributed by atoms with van der Waals surface area (Å²) in [7, 11) is -3.26. The molecular formula is C11H12N2O2S. The number of hydrogen-bond acceptors (Lipinski definition) is 4. The summed E-state index contributed by atoms with van der Waals surface area (Å²) in [5.41, 5.74) is 12.4.